The average molecular weight is 488 g/mol. The van der Waals surface area contributed by atoms with Crippen LogP contribution in [0.5, 0.6) is 5.75 Å². The van der Waals surface area contributed by atoms with Crippen molar-refractivity contribution in [3.63, 3.8) is 0 Å². The van der Waals surface area contributed by atoms with Crippen molar-refractivity contribution >= 4 is 22.6 Å². The third-order valence-electron chi connectivity index (χ3n) is 7.92. The topological polar surface area (TPSA) is 91.7 Å². The van der Waals surface area contributed by atoms with Crippen LogP contribution in [0.1, 0.15) is 56.2 Å². The van der Waals surface area contributed by atoms with E-state index in [9.17, 15) is 4.79 Å². The Morgan fingerprint density at radius 1 is 1.14 bits per heavy atom. The first kappa shape index (κ1) is 23.0. The Bertz CT molecular complexity index is 1430. The van der Waals surface area contributed by atoms with Gasteiger partial charge in [-0.1, -0.05) is 13.8 Å². The Labute approximate surface area is 210 Å². The van der Waals surface area contributed by atoms with Gasteiger partial charge in [0.1, 0.15) is 6.33 Å². The van der Waals surface area contributed by atoms with E-state index < -0.39 is 0 Å². The lowest BCUT2D eigenvalue weighted by Gasteiger charge is -2.34. The van der Waals surface area contributed by atoms with Gasteiger partial charge < -0.3 is 14.6 Å². The number of piperidine rings is 1. The van der Waals surface area contributed by atoms with Gasteiger partial charge in [-0.3, -0.25) is 14.7 Å². The van der Waals surface area contributed by atoms with Gasteiger partial charge in [0.15, 0.2) is 11.4 Å². The fourth-order valence-corrected chi connectivity index (χ4v) is 5.95. The van der Waals surface area contributed by atoms with Crippen LogP contribution < -0.4 is 4.74 Å². The minimum Gasteiger partial charge on any atom is -0.493 e. The van der Waals surface area contributed by atoms with E-state index in [0.29, 0.717) is 17.3 Å². The van der Waals surface area contributed by atoms with Crippen molar-refractivity contribution in [1.29, 1.82) is 0 Å². The summed E-state index contributed by atoms with van der Waals surface area (Å²) < 4.78 is 7.35. The number of likely N-dealkylation sites (N-methyl/N-ethyl adjacent to an activating group) is 1. The SMILES string of the molecule is COc1cc(-c2[nH]c3ccc(C4CCN(C5CCN(C)C5=O)CC4)nc3c2C(C)C)cn2ncnc12. The number of hydrogen-bond donors (Lipinski definition) is 1. The summed E-state index contributed by atoms with van der Waals surface area (Å²) in [6, 6.07) is 6.41. The highest BCUT2D eigenvalue weighted by Crippen LogP contribution is 2.38. The highest BCUT2D eigenvalue weighted by atomic mass is 16.5. The summed E-state index contributed by atoms with van der Waals surface area (Å²) in [5, 5.41) is 4.33. The highest BCUT2D eigenvalue weighted by molar-refractivity contribution is 5.89. The lowest BCUT2D eigenvalue weighted by molar-refractivity contribution is -0.131. The maximum atomic E-state index is 12.5. The van der Waals surface area contributed by atoms with Gasteiger partial charge >= 0.3 is 0 Å². The van der Waals surface area contributed by atoms with Gasteiger partial charge in [0.05, 0.1) is 29.9 Å². The van der Waals surface area contributed by atoms with Crippen molar-refractivity contribution in [3.8, 4) is 17.0 Å². The molecule has 1 unspecified atom stereocenters. The van der Waals surface area contributed by atoms with E-state index in [2.05, 4.69) is 45.9 Å². The summed E-state index contributed by atoms with van der Waals surface area (Å²) in [6.07, 6.45) is 6.52. The molecule has 1 amide bonds. The van der Waals surface area contributed by atoms with E-state index in [4.69, 9.17) is 9.72 Å². The Morgan fingerprint density at radius 3 is 2.64 bits per heavy atom. The van der Waals surface area contributed by atoms with Crippen molar-refractivity contribution < 1.29 is 9.53 Å². The predicted octanol–water partition coefficient (Wildman–Crippen LogP) is 3.81. The number of aromatic nitrogens is 5. The number of pyridine rings is 2. The number of ether oxygens (including phenoxy) is 1. The van der Waals surface area contributed by atoms with Crippen LogP contribution in [0.15, 0.2) is 30.7 Å². The second-order valence-corrected chi connectivity index (χ2v) is 10.4. The zero-order valence-corrected chi connectivity index (χ0v) is 21.4. The number of carbonyl (C=O) groups excluding carboxylic acids is 1. The summed E-state index contributed by atoms with van der Waals surface area (Å²) >= 11 is 0. The molecule has 1 atom stereocenters. The molecule has 0 aromatic carbocycles. The van der Waals surface area contributed by atoms with E-state index >= 15 is 0 Å². The maximum absolute atomic E-state index is 12.5. The molecule has 188 valence electrons. The van der Waals surface area contributed by atoms with Crippen molar-refractivity contribution in [2.24, 2.45) is 0 Å². The first-order valence-corrected chi connectivity index (χ1v) is 12.8. The molecule has 2 fully saturated rings. The number of methoxy groups -OCH3 is 1. The number of likely N-dealkylation sites (tertiary alicyclic amines) is 2. The molecule has 9 heteroatoms. The smallest absolute Gasteiger partial charge is 0.239 e. The number of rotatable bonds is 5. The largest absolute Gasteiger partial charge is 0.493 e. The Morgan fingerprint density at radius 2 is 1.94 bits per heavy atom. The summed E-state index contributed by atoms with van der Waals surface area (Å²) in [5.74, 6) is 1.65. The molecule has 0 bridgehead atoms. The van der Waals surface area contributed by atoms with Crippen molar-refractivity contribution in [3.05, 3.63) is 42.0 Å². The van der Waals surface area contributed by atoms with Gasteiger partial charge in [-0.15, -0.1) is 0 Å². The van der Waals surface area contributed by atoms with Gasteiger partial charge in [-0.05, 0) is 56.5 Å². The van der Waals surface area contributed by atoms with E-state index in [1.807, 2.05) is 24.2 Å². The summed E-state index contributed by atoms with van der Waals surface area (Å²) in [6.45, 7) is 7.17. The van der Waals surface area contributed by atoms with Crippen LogP contribution in [-0.4, -0.2) is 80.1 Å². The Kier molecular flexibility index (Phi) is 5.67. The molecule has 36 heavy (non-hydrogen) atoms. The lowest BCUT2D eigenvalue weighted by Crippen LogP contribution is -2.45. The van der Waals surface area contributed by atoms with Crippen molar-refractivity contribution in [2.45, 2.75) is 51.0 Å². The van der Waals surface area contributed by atoms with Gasteiger partial charge in [-0.2, -0.15) is 5.10 Å². The Balaban J connectivity index is 1.32. The summed E-state index contributed by atoms with van der Waals surface area (Å²) in [5.41, 5.74) is 7.14. The van der Waals surface area contributed by atoms with E-state index in [1.165, 1.54) is 11.9 Å². The number of nitrogens with zero attached hydrogens (tertiary/aromatic N) is 6. The first-order chi connectivity index (χ1) is 17.4. The van der Waals surface area contributed by atoms with Crippen LogP contribution >= 0.6 is 0 Å². The van der Waals surface area contributed by atoms with E-state index in [0.717, 1.165) is 66.9 Å². The summed E-state index contributed by atoms with van der Waals surface area (Å²) in [7, 11) is 3.56. The molecule has 2 aliphatic rings. The van der Waals surface area contributed by atoms with Gasteiger partial charge in [0.25, 0.3) is 0 Å². The van der Waals surface area contributed by atoms with Gasteiger partial charge in [0.2, 0.25) is 5.91 Å². The van der Waals surface area contributed by atoms with Gasteiger partial charge in [-0.25, -0.2) is 9.50 Å². The molecule has 1 N–H and O–H groups in total. The van der Waals surface area contributed by atoms with Crippen LogP contribution in [0, 0.1) is 0 Å². The van der Waals surface area contributed by atoms with E-state index in [1.54, 1.807) is 11.6 Å². The standard InChI is InChI=1S/C27H33N7O2/c1-16(2)23-24(18-13-22(36-4)26-28-15-29-34(26)14-18)31-20-6-5-19(30-25(20)23)17-7-11-33(12-8-17)21-9-10-32(3)27(21)35/h5-6,13-17,21,31H,7-12H2,1-4H3. The average Bonchev–Trinajstić information content (AvgIpc) is 3.60. The predicted molar refractivity (Wildman–Crippen MR) is 138 cm³/mol. The third-order valence-corrected chi connectivity index (χ3v) is 7.92. The Hall–Kier alpha value is -3.46. The number of hydrogen-bond acceptors (Lipinski definition) is 6. The molecule has 4 aromatic heterocycles. The fraction of sp³-hybridized carbons (Fsp3) is 0.481. The molecule has 0 radical (unpaired) electrons. The highest BCUT2D eigenvalue weighted by Gasteiger charge is 2.36. The first-order valence-electron chi connectivity index (χ1n) is 12.8. The number of aromatic amines is 1. The second-order valence-electron chi connectivity index (χ2n) is 10.4. The minimum atomic E-state index is 0.0606. The number of nitrogens with one attached hydrogen (secondary N) is 1. The van der Waals surface area contributed by atoms with Gasteiger partial charge in [0, 0.05) is 42.5 Å². The third kappa shape index (κ3) is 3.73. The van der Waals surface area contributed by atoms with Crippen molar-refractivity contribution in [1.82, 2.24) is 34.4 Å². The molecular weight excluding hydrogens is 454 g/mol. The van der Waals surface area contributed by atoms with Crippen LogP contribution in [0.3, 0.4) is 0 Å². The van der Waals surface area contributed by atoms with E-state index in [-0.39, 0.29) is 17.9 Å². The molecule has 9 nitrogen and oxygen atoms in total. The molecule has 2 aliphatic heterocycles. The fourth-order valence-electron chi connectivity index (χ4n) is 5.95. The second kappa shape index (κ2) is 8.89. The normalized spacial score (nSPS) is 19.9. The molecule has 2 saturated heterocycles. The number of carbonyl (C=O) groups is 1. The number of amides is 1. The zero-order chi connectivity index (χ0) is 25.0. The molecule has 6 heterocycles. The van der Waals surface area contributed by atoms with Crippen LogP contribution in [-0.2, 0) is 4.79 Å². The van der Waals surface area contributed by atoms with Crippen molar-refractivity contribution in [2.75, 3.05) is 33.8 Å². The number of H-pyrrole nitrogens is 1. The monoisotopic (exact) mass is 487 g/mol. The molecular formula is C27H33N7O2. The molecule has 4 aromatic rings. The minimum absolute atomic E-state index is 0.0606. The summed E-state index contributed by atoms with van der Waals surface area (Å²) in [4.78, 5) is 29.9. The van der Waals surface area contributed by atoms with Crippen LogP contribution in [0.4, 0.5) is 0 Å². The van der Waals surface area contributed by atoms with Crippen LogP contribution in [0.2, 0.25) is 0 Å². The molecule has 6 rings (SSSR count). The quantitative estimate of drug-likeness (QED) is 0.460. The van der Waals surface area contributed by atoms with Crippen LogP contribution in [0.25, 0.3) is 27.9 Å². The zero-order valence-electron chi connectivity index (χ0n) is 21.4. The maximum Gasteiger partial charge on any atom is 0.239 e. The lowest BCUT2D eigenvalue weighted by atomic mass is 9.91. The molecule has 0 spiro atoms. The molecule has 0 aliphatic carbocycles. The number of fused-ring (bicyclic) bond motifs is 2. The molecule has 0 saturated carbocycles.